The van der Waals surface area contributed by atoms with Crippen LogP contribution in [0.5, 0.6) is 0 Å². The second-order valence-corrected chi connectivity index (χ2v) is 4.58. The molecule has 0 bridgehead atoms. The van der Waals surface area contributed by atoms with Crippen LogP contribution in [0.4, 0.5) is 13.2 Å². The zero-order chi connectivity index (χ0) is 16.3. The molecular weight excluding hydrogens is 305 g/mol. The van der Waals surface area contributed by atoms with Crippen LogP contribution in [0.25, 0.3) is 11.0 Å². The third kappa shape index (κ3) is 3.96. The van der Waals surface area contributed by atoms with Gasteiger partial charge in [0.2, 0.25) is 5.91 Å². The van der Waals surface area contributed by atoms with Crippen molar-refractivity contribution in [3.05, 3.63) is 30.0 Å². The number of carbonyl (C=O) groups is 2. The van der Waals surface area contributed by atoms with E-state index in [1.807, 2.05) is 5.32 Å². The number of benzene rings is 1. The summed E-state index contributed by atoms with van der Waals surface area (Å²) in [7, 11) is 0. The fourth-order valence-corrected chi connectivity index (χ4v) is 1.89. The molecule has 2 rings (SSSR count). The molecule has 0 spiro atoms. The first-order valence-electron chi connectivity index (χ1n) is 6.18. The number of fused-ring (bicyclic) bond motifs is 1. The Kier molecular flexibility index (Phi) is 4.34. The number of hydrogen-bond acceptors (Lipinski definition) is 4. The average molecular weight is 316 g/mol. The van der Waals surface area contributed by atoms with Crippen LogP contribution in [0.3, 0.4) is 0 Å². The van der Waals surface area contributed by atoms with Crippen LogP contribution in [0.15, 0.2) is 28.8 Å². The first kappa shape index (κ1) is 15.8. The predicted molar refractivity (Wildman–Crippen MR) is 68.0 cm³/mol. The standard InChI is InChI=1S/C13H11F3N2O4/c14-13(15,16)6-9(12(20)21)17-11(19)5-8-7-3-1-2-4-10(7)22-18-8/h1-4,9H,5-6H2,(H,17,19)(H,20,21). The van der Waals surface area contributed by atoms with Gasteiger partial charge >= 0.3 is 12.1 Å². The number of para-hydroxylation sites is 1. The molecule has 118 valence electrons. The predicted octanol–water partition coefficient (Wildman–Crippen LogP) is 1.89. The first-order valence-corrected chi connectivity index (χ1v) is 6.18. The van der Waals surface area contributed by atoms with Crippen LogP contribution in [0, 0.1) is 0 Å². The van der Waals surface area contributed by atoms with Crippen molar-refractivity contribution >= 4 is 22.8 Å². The number of aromatic nitrogens is 1. The van der Waals surface area contributed by atoms with Gasteiger partial charge in [-0.15, -0.1) is 0 Å². The van der Waals surface area contributed by atoms with Crippen LogP contribution in [0.2, 0.25) is 0 Å². The number of nitrogens with one attached hydrogen (secondary N) is 1. The number of rotatable bonds is 5. The highest BCUT2D eigenvalue weighted by Gasteiger charge is 2.36. The van der Waals surface area contributed by atoms with E-state index < -0.39 is 30.5 Å². The molecule has 0 saturated heterocycles. The minimum absolute atomic E-state index is 0.226. The maximum Gasteiger partial charge on any atom is 0.391 e. The number of amides is 1. The molecule has 1 aromatic heterocycles. The van der Waals surface area contributed by atoms with Crippen molar-refractivity contribution in [2.75, 3.05) is 0 Å². The van der Waals surface area contributed by atoms with Gasteiger partial charge in [0.15, 0.2) is 5.58 Å². The topological polar surface area (TPSA) is 92.4 Å². The lowest BCUT2D eigenvalue weighted by Gasteiger charge is -2.15. The van der Waals surface area contributed by atoms with E-state index in [1.165, 1.54) is 0 Å². The summed E-state index contributed by atoms with van der Waals surface area (Å²) in [5, 5.41) is 14.8. The Morgan fingerprint density at radius 2 is 2.00 bits per heavy atom. The molecule has 2 N–H and O–H groups in total. The van der Waals surface area contributed by atoms with Crippen LogP contribution in [0.1, 0.15) is 12.1 Å². The van der Waals surface area contributed by atoms with Gasteiger partial charge in [0.05, 0.1) is 12.8 Å². The van der Waals surface area contributed by atoms with Crippen molar-refractivity contribution in [1.82, 2.24) is 10.5 Å². The normalized spacial score (nSPS) is 13.0. The molecule has 0 fully saturated rings. The number of carboxylic acids is 1. The van der Waals surface area contributed by atoms with Gasteiger partial charge in [0.25, 0.3) is 0 Å². The minimum atomic E-state index is -4.70. The summed E-state index contributed by atoms with van der Waals surface area (Å²) in [6, 6.07) is 4.60. The summed E-state index contributed by atoms with van der Waals surface area (Å²) in [5.74, 6) is -2.63. The zero-order valence-corrected chi connectivity index (χ0v) is 11.1. The Balaban J connectivity index is 2.06. The van der Waals surface area contributed by atoms with Gasteiger partial charge in [-0.05, 0) is 12.1 Å². The molecule has 0 aliphatic heterocycles. The number of halogens is 3. The number of hydrogen-bond donors (Lipinski definition) is 2. The third-order valence-corrected chi connectivity index (χ3v) is 2.85. The third-order valence-electron chi connectivity index (χ3n) is 2.85. The van der Waals surface area contributed by atoms with Crippen molar-refractivity contribution in [3.8, 4) is 0 Å². The molecule has 6 nitrogen and oxygen atoms in total. The molecule has 1 amide bonds. The molecule has 2 aromatic rings. The Hall–Kier alpha value is -2.58. The van der Waals surface area contributed by atoms with E-state index in [2.05, 4.69) is 5.16 Å². The molecule has 9 heteroatoms. The fraction of sp³-hybridized carbons (Fsp3) is 0.308. The minimum Gasteiger partial charge on any atom is -0.480 e. The van der Waals surface area contributed by atoms with E-state index in [-0.39, 0.29) is 12.1 Å². The van der Waals surface area contributed by atoms with Crippen molar-refractivity contribution < 1.29 is 32.4 Å². The number of aliphatic carboxylic acids is 1. The lowest BCUT2D eigenvalue weighted by atomic mass is 10.1. The molecule has 1 atom stereocenters. The van der Waals surface area contributed by atoms with E-state index in [9.17, 15) is 22.8 Å². The summed E-state index contributed by atoms with van der Waals surface area (Å²) in [6.07, 6.45) is -6.72. The highest BCUT2D eigenvalue weighted by atomic mass is 19.4. The number of alkyl halides is 3. The molecule has 1 aromatic carbocycles. The monoisotopic (exact) mass is 316 g/mol. The van der Waals surface area contributed by atoms with Gasteiger partial charge in [-0.1, -0.05) is 17.3 Å². The highest BCUT2D eigenvalue weighted by Crippen LogP contribution is 2.22. The highest BCUT2D eigenvalue weighted by molar-refractivity contribution is 5.88. The second kappa shape index (κ2) is 6.04. The van der Waals surface area contributed by atoms with Crippen molar-refractivity contribution in [3.63, 3.8) is 0 Å². The summed E-state index contributed by atoms with van der Waals surface area (Å²) >= 11 is 0. The maximum absolute atomic E-state index is 12.3. The summed E-state index contributed by atoms with van der Waals surface area (Å²) < 4.78 is 41.7. The number of carbonyl (C=O) groups excluding carboxylic acids is 1. The van der Waals surface area contributed by atoms with Gasteiger partial charge in [0.1, 0.15) is 11.7 Å². The average Bonchev–Trinajstić information content (AvgIpc) is 2.80. The van der Waals surface area contributed by atoms with E-state index >= 15 is 0 Å². The van der Waals surface area contributed by atoms with E-state index in [0.29, 0.717) is 11.0 Å². The molecule has 0 aliphatic carbocycles. The summed E-state index contributed by atoms with van der Waals surface area (Å²) in [5.41, 5.74) is 0.652. The molecule has 1 heterocycles. The van der Waals surface area contributed by atoms with Gasteiger partial charge in [0, 0.05) is 5.39 Å². The van der Waals surface area contributed by atoms with Crippen LogP contribution in [-0.2, 0) is 16.0 Å². The van der Waals surface area contributed by atoms with E-state index in [0.717, 1.165) is 0 Å². The zero-order valence-electron chi connectivity index (χ0n) is 11.1. The smallest absolute Gasteiger partial charge is 0.391 e. The van der Waals surface area contributed by atoms with Crippen LogP contribution in [-0.4, -0.2) is 34.4 Å². The summed E-state index contributed by atoms with van der Waals surface area (Å²) in [4.78, 5) is 22.5. The van der Waals surface area contributed by atoms with Crippen molar-refractivity contribution in [2.24, 2.45) is 0 Å². The second-order valence-electron chi connectivity index (χ2n) is 4.58. The molecule has 22 heavy (non-hydrogen) atoms. The Morgan fingerprint density at radius 3 is 2.64 bits per heavy atom. The molecular formula is C13H11F3N2O4. The molecule has 0 radical (unpaired) electrons. The Morgan fingerprint density at radius 1 is 1.32 bits per heavy atom. The maximum atomic E-state index is 12.3. The van der Waals surface area contributed by atoms with Crippen LogP contribution >= 0.6 is 0 Å². The van der Waals surface area contributed by atoms with Gasteiger partial charge < -0.3 is 14.9 Å². The molecule has 0 saturated carbocycles. The van der Waals surface area contributed by atoms with Crippen LogP contribution < -0.4 is 5.32 Å². The van der Waals surface area contributed by atoms with Gasteiger partial charge in [-0.2, -0.15) is 13.2 Å². The van der Waals surface area contributed by atoms with Crippen molar-refractivity contribution in [2.45, 2.75) is 25.1 Å². The Bertz CT molecular complexity index is 696. The fourth-order valence-electron chi connectivity index (χ4n) is 1.89. The molecule has 1 unspecified atom stereocenters. The van der Waals surface area contributed by atoms with E-state index in [1.54, 1.807) is 24.3 Å². The largest absolute Gasteiger partial charge is 0.480 e. The first-order chi connectivity index (χ1) is 10.3. The lowest BCUT2D eigenvalue weighted by Crippen LogP contribution is -2.44. The number of nitrogens with zero attached hydrogens (tertiary/aromatic N) is 1. The SMILES string of the molecule is O=C(Cc1noc2ccccc12)NC(CC(F)(F)F)C(=O)O. The van der Waals surface area contributed by atoms with Crippen molar-refractivity contribution in [1.29, 1.82) is 0 Å². The van der Waals surface area contributed by atoms with Gasteiger partial charge in [-0.25, -0.2) is 4.79 Å². The quantitative estimate of drug-likeness (QED) is 0.879. The summed E-state index contributed by atoms with van der Waals surface area (Å²) in [6.45, 7) is 0. The lowest BCUT2D eigenvalue weighted by molar-refractivity contribution is -0.159. The van der Waals surface area contributed by atoms with Gasteiger partial charge in [-0.3, -0.25) is 4.79 Å². The molecule has 0 aliphatic rings. The number of carboxylic acid groups (broad SMARTS) is 1. The Labute approximate surface area is 121 Å². The van der Waals surface area contributed by atoms with E-state index in [4.69, 9.17) is 9.63 Å².